The first-order valence-corrected chi connectivity index (χ1v) is 10.1. The Morgan fingerprint density at radius 1 is 1.31 bits per heavy atom. The maximum Gasteiger partial charge on any atom is 0.616 e. The summed E-state index contributed by atoms with van der Waals surface area (Å²) >= 11 is 7.49. The number of halogens is 1. The predicted octanol–water partition coefficient (Wildman–Crippen LogP) is 4.29. The van der Waals surface area contributed by atoms with Crippen molar-refractivity contribution in [1.29, 1.82) is 0 Å². The van der Waals surface area contributed by atoms with Crippen LogP contribution in [0.2, 0.25) is 5.02 Å². The molecule has 1 aliphatic heterocycles. The van der Waals surface area contributed by atoms with E-state index in [1.807, 2.05) is 31.2 Å². The molecule has 5 nitrogen and oxygen atoms in total. The Labute approximate surface area is 163 Å². The van der Waals surface area contributed by atoms with Crippen molar-refractivity contribution < 1.29 is 18.2 Å². The highest BCUT2D eigenvalue weighted by Gasteiger charge is 2.34. The zero-order chi connectivity index (χ0) is 18.5. The number of hydrogen-bond acceptors (Lipinski definition) is 5. The highest BCUT2D eigenvalue weighted by Crippen LogP contribution is 2.37. The van der Waals surface area contributed by atoms with Gasteiger partial charge in [0.25, 0.3) is 0 Å². The van der Waals surface area contributed by atoms with Gasteiger partial charge in [-0.15, -0.1) is 0 Å². The SMILES string of the molecule is CCCCOC(=O)[n+]1sc(N2CCOCC2)c(-c2ccc(Cl)cc2)c1C. The minimum absolute atomic E-state index is 0.310. The number of carbonyl (C=O) groups is 1. The summed E-state index contributed by atoms with van der Waals surface area (Å²) in [5, 5.41) is 1.77. The molecule has 0 saturated carbocycles. The molecule has 1 aromatic heterocycles. The van der Waals surface area contributed by atoms with Crippen molar-refractivity contribution in [2.75, 3.05) is 37.8 Å². The molecular formula is C19H24ClN2O3S+. The van der Waals surface area contributed by atoms with Gasteiger partial charge < -0.3 is 14.4 Å². The van der Waals surface area contributed by atoms with Gasteiger partial charge in [-0.05, 0) is 28.1 Å². The van der Waals surface area contributed by atoms with E-state index in [1.54, 1.807) is 3.96 Å². The molecule has 0 atom stereocenters. The van der Waals surface area contributed by atoms with Gasteiger partial charge in [0, 0.05) is 25.0 Å². The Hall–Kier alpha value is -1.63. The van der Waals surface area contributed by atoms with E-state index in [-0.39, 0.29) is 6.09 Å². The Morgan fingerprint density at radius 2 is 2.00 bits per heavy atom. The molecule has 0 N–H and O–H groups in total. The molecule has 3 rings (SSSR count). The standard InChI is InChI=1S/C19H24ClN2O3S/c1-3-4-11-25-19(23)22-14(2)17(15-5-7-16(20)8-6-15)18(26-22)21-9-12-24-13-10-21/h5-8H,3-4,9-13H2,1-2H3/q+1. The van der Waals surface area contributed by atoms with Crippen molar-refractivity contribution >= 4 is 34.2 Å². The van der Waals surface area contributed by atoms with Crippen LogP contribution in [0.15, 0.2) is 24.3 Å². The predicted molar refractivity (Wildman–Crippen MR) is 104 cm³/mol. The number of hydrogen-bond donors (Lipinski definition) is 0. The highest BCUT2D eigenvalue weighted by molar-refractivity contribution is 7.07. The molecular weight excluding hydrogens is 372 g/mol. The van der Waals surface area contributed by atoms with Crippen LogP contribution in [0.5, 0.6) is 0 Å². The van der Waals surface area contributed by atoms with Crippen molar-refractivity contribution in [3.63, 3.8) is 0 Å². The van der Waals surface area contributed by atoms with Gasteiger partial charge in [0.15, 0.2) is 16.5 Å². The topological polar surface area (TPSA) is 42.7 Å². The van der Waals surface area contributed by atoms with Crippen molar-refractivity contribution in [2.45, 2.75) is 26.7 Å². The lowest BCUT2D eigenvalue weighted by Crippen LogP contribution is -2.42. The minimum Gasteiger partial charge on any atom is -0.411 e. The third kappa shape index (κ3) is 4.19. The van der Waals surface area contributed by atoms with E-state index in [2.05, 4.69) is 11.8 Å². The van der Waals surface area contributed by atoms with E-state index in [4.69, 9.17) is 21.1 Å². The smallest absolute Gasteiger partial charge is 0.411 e. The second-order valence-electron chi connectivity index (χ2n) is 6.23. The zero-order valence-corrected chi connectivity index (χ0v) is 16.7. The number of anilines is 1. The normalized spacial score (nSPS) is 14.5. The molecule has 0 aliphatic carbocycles. The molecule has 1 fully saturated rings. The number of unbranched alkanes of at least 4 members (excludes halogenated alkanes) is 1. The average molecular weight is 396 g/mol. The fraction of sp³-hybridized carbons (Fsp3) is 0.474. The minimum atomic E-state index is -0.310. The fourth-order valence-corrected chi connectivity index (χ4v) is 4.23. The van der Waals surface area contributed by atoms with Crippen LogP contribution < -0.4 is 8.86 Å². The maximum atomic E-state index is 12.6. The van der Waals surface area contributed by atoms with Gasteiger partial charge in [-0.3, -0.25) is 0 Å². The summed E-state index contributed by atoms with van der Waals surface area (Å²) in [5.41, 5.74) is 2.99. The Bertz CT molecular complexity index is 755. The molecule has 2 heterocycles. The third-order valence-corrected chi connectivity index (χ3v) is 5.87. The molecule has 1 aromatic carbocycles. The van der Waals surface area contributed by atoms with Gasteiger partial charge in [-0.1, -0.05) is 37.1 Å². The number of ether oxygens (including phenoxy) is 2. The number of nitrogens with zero attached hydrogens (tertiary/aromatic N) is 2. The van der Waals surface area contributed by atoms with Gasteiger partial charge >= 0.3 is 6.09 Å². The molecule has 0 radical (unpaired) electrons. The lowest BCUT2D eigenvalue weighted by Gasteiger charge is -2.27. The molecule has 140 valence electrons. The van der Waals surface area contributed by atoms with E-state index >= 15 is 0 Å². The number of morpholine rings is 1. The van der Waals surface area contributed by atoms with Crippen molar-refractivity contribution in [1.82, 2.24) is 0 Å². The van der Waals surface area contributed by atoms with Crippen molar-refractivity contribution in [3.8, 4) is 11.1 Å². The van der Waals surface area contributed by atoms with Crippen LogP contribution in [0.3, 0.4) is 0 Å². The fourth-order valence-electron chi connectivity index (χ4n) is 2.92. The van der Waals surface area contributed by atoms with Crippen LogP contribution in [-0.2, 0) is 9.47 Å². The molecule has 0 unspecified atom stereocenters. The second kappa shape index (κ2) is 8.84. The van der Waals surface area contributed by atoms with E-state index in [9.17, 15) is 4.79 Å². The monoisotopic (exact) mass is 395 g/mol. The third-order valence-electron chi connectivity index (χ3n) is 4.38. The summed E-state index contributed by atoms with van der Waals surface area (Å²) < 4.78 is 12.6. The van der Waals surface area contributed by atoms with Gasteiger partial charge in [-0.2, -0.15) is 4.79 Å². The Kier molecular flexibility index (Phi) is 6.51. The van der Waals surface area contributed by atoms with Gasteiger partial charge in [0.05, 0.1) is 25.4 Å². The molecule has 26 heavy (non-hydrogen) atoms. The summed E-state index contributed by atoms with van der Waals surface area (Å²) in [4.78, 5) is 14.8. The number of benzene rings is 1. The summed E-state index contributed by atoms with van der Waals surface area (Å²) in [6, 6.07) is 7.74. The van der Waals surface area contributed by atoms with Gasteiger partial charge in [-0.25, -0.2) is 0 Å². The second-order valence-corrected chi connectivity index (χ2v) is 7.60. The van der Waals surface area contributed by atoms with Crippen LogP contribution >= 0.6 is 23.1 Å². The van der Waals surface area contributed by atoms with E-state index in [0.717, 1.165) is 47.8 Å². The average Bonchev–Trinajstić information content (AvgIpc) is 3.01. The van der Waals surface area contributed by atoms with Gasteiger partial charge in [0.1, 0.15) is 0 Å². The van der Waals surface area contributed by atoms with E-state index in [1.165, 1.54) is 11.5 Å². The number of aromatic nitrogens is 1. The van der Waals surface area contributed by atoms with E-state index < -0.39 is 0 Å². The highest BCUT2D eigenvalue weighted by atomic mass is 35.5. The van der Waals surface area contributed by atoms with Crippen LogP contribution in [-0.4, -0.2) is 39.0 Å². The summed E-state index contributed by atoms with van der Waals surface area (Å²) in [5.74, 6) is 0. The quantitative estimate of drug-likeness (QED) is 0.559. The first-order valence-electron chi connectivity index (χ1n) is 8.93. The maximum absolute atomic E-state index is 12.6. The largest absolute Gasteiger partial charge is 0.616 e. The van der Waals surface area contributed by atoms with Crippen LogP contribution in [0.25, 0.3) is 11.1 Å². The number of carbonyl (C=O) groups excluding carboxylic acids is 1. The Balaban J connectivity index is 1.99. The summed E-state index contributed by atoms with van der Waals surface area (Å²) in [6.07, 6.45) is 1.56. The lowest BCUT2D eigenvalue weighted by molar-refractivity contribution is -0.520. The number of rotatable bonds is 5. The zero-order valence-electron chi connectivity index (χ0n) is 15.2. The summed E-state index contributed by atoms with van der Waals surface area (Å²) in [7, 11) is 0. The summed E-state index contributed by atoms with van der Waals surface area (Å²) in [6.45, 7) is 7.49. The lowest BCUT2D eigenvalue weighted by atomic mass is 10.1. The van der Waals surface area contributed by atoms with Gasteiger partial charge in [0.2, 0.25) is 5.69 Å². The first kappa shape index (κ1) is 19.1. The molecule has 0 spiro atoms. The molecule has 1 aliphatic rings. The van der Waals surface area contributed by atoms with Crippen LogP contribution in [0, 0.1) is 6.92 Å². The molecule has 7 heteroatoms. The van der Waals surface area contributed by atoms with Crippen molar-refractivity contribution in [3.05, 3.63) is 35.0 Å². The van der Waals surface area contributed by atoms with Crippen molar-refractivity contribution in [2.24, 2.45) is 0 Å². The molecule has 2 aromatic rings. The van der Waals surface area contributed by atoms with Crippen LogP contribution in [0.4, 0.5) is 9.80 Å². The van der Waals surface area contributed by atoms with Crippen LogP contribution in [0.1, 0.15) is 25.5 Å². The molecule has 1 saturated heterocycles. The first-order chi connectivity index (χ1) is 12.6. The van der Waals surface area contributed by atoms with E-state index in [0.29, 0.717) is 24.8 Å². The molecule has 0 amide bonds. The Morgan fingerprint density at radius 3 is 2.65 bits per heavy atom. The molecule has 0 bridgehead atoms.